The number of halogens is 1. The van der Waals surface area contributed by atoms with Crippen molar-refractivity contribution in [2.24, 2.45) is 0 Å². The van der Waals surface area contributed by atoms with Crippen molar-refractivity contribution in [3.63, 3.8) is 0 Å². The summed E-state index contributed by atoms with van der Waals surface area (Å²) in [5, 5.41) is 11.8. The molecule has 1 aromatic carbocycles. The summed E-state index contributed by atoms with van der Waals surface area (Å²) in [6.45, 7) is 0. The highest BCUT2D eigenvalue weighted by molar-refractivity contribution is 9.10. The standard InChI is InChI=1S/C12H9BrN4O/c1-18-11-6-8(2-3-10(11)13)16-12-15-5-4-9(7-14)17-12/h2-6H,1H3,(H,15,16,17). The fourth-order valence-electron chi connectivity index (χ4n) is 1.35. The molecule has 1 heterocycles. The van der Waals surface area contributed by atoms with E-state index in [1.807, 2.05) is 24.3 Å². The van der Waals surface area contributed by atoms with Crippen LogP contribution in [-0.4, -0.2) is 17.1 Å². The minimum absolute atomic E-state index is 0.316. The summed E-state index contributed by atoms with van der Waals surface area (Å²) in [6, 6.07) is 9.04. The highest BCUT2D eigenvalue weighted by Gasteiger charge is 2.03. The Bertz CT molecular complexity index is 609. The van der Waals surface area contributed by atoms with Gasteiger partial charge in [-0.2, -0.15) is 5.26 Å². The highest BCUT2D eigenvalue weighted by Crippen LogP contribution is 2.28. The first-order valence-corrected chi connectivity index (χ1v) is 5.86. The third-order valence-electron chi connectivity index (χ3n) is 2.18. The van der Waals surface area contributed by atoms with Crippen molar-refractivity contribution >= 4 is 27.6 Å². The van der Waals surface area contributed by atoms with Crippen LogP contribution in [0, 0.1) is 11.3 Å². The van der Waals surface area contributed by atoms with Gasteiger partial charge in [0.25, 0.3) is 0 Å². The van der Waals surface area contributed by atoms with Crippen LogP contribution >= 0.6 is 15.9 Å². The number of hydrogen-bond acceptors (Lipinski definition) is 5. The van der Waals surface area contributed by atoms with Crippen molar-refractivity contribution in [1.82, 2.24) is 9.97 Å². The number of nitrogens with one attached hydrogen (secondary N) is 1. The number of aromatic nitrogens is 2. The van der Waals surface area contributed by atoms with E-state index in [4.69, 9.17) is 10.00 Å². The van der Waals surface area contributed by atoms with E-state index >= 15 is 0 Å². The monoisotopic (exact) mass is 304 g/mol. The molecule has 2 rings (SSSR count). The Balaban J connectivity index is 2.26. The second-order valence-electron chi connectivity index (χ2n) is 3.35. The summed E-state index contributed by atoms with van der Waals surface area (Å²) in [6.07, 6.45) is 1.53. The van der Waals surface area contributed by atoms with Gasteiger partial charge in [0, 0.05) is 18.0 Å². The lowest BCUT2D eigenvalue weighted by atomic mass is 10.3. The maximum absolute atomic E-state index is 8.75. The van der Waals surface area contributed by atoms with Crippen molar-refractivity contribution < 1.29 is 4.74 Å². The van der Waals surface area contributed by atoms with E-state index < -0.39 is 0 Å². The Labute approximate surface area is 113 Å². The van der Waals surface area contributed by atoms with Gasteiger partial charge in [0.05, 0.1) is 11.6 Å². The molecule has 6 heteroatoms. The molecule has 0 radical (unpaired) electrons. The SMILES string of the molecule is COc1cc(Nc2nccc(C#N)n2)ccc1Br. The minimum Gasteiger partial charge on any atom is -0.495 e. The van der Waals surface area contributed by atoms with Crippen LogP contribution in [0.4, 0.5) is 11.6 Å². The van der Waals surface area contributed by atoms with Gasteiger partial charge in [0.15, 0.2) is 0 Å². The number of methoxy groups -OCH3 is 1. The van der Waals surface area contributed by atoms with Gasteiger partial charge < -0.3 is 10.1 Å². The molecule has 0 aliphatic rings. The Morgan fingerprint density at radius 1 is 1.39 bits per heavy atom. The average Bonchev–Trinajstić information content (AvgIpc) is 2.41. The maximum Gasteiger partial charge on any atom is 0.228 e. The molecule has 2 aromatic rings. The Morgan fingerprint density at radius 3 is 2.94 bits per heavy atom. The molecule has 5 nitrogen and oxygen atoms in total. The average molecular weight is 305 g/mol. The molecule has 0 saturated carbocycles. The normalized spacial score (nSPS) is 9.61. The smallest absolute Gasteiger partial charge is 0.228 e. The molecular weight excluding hydrogens is 296 g/mol. The van der Waals surface area contributed by atoms with Gasteiger partial charge in [0.2, 0.25) is 5.95 Å². The van der Waals surface area contributed by atoms with E-state index in [0.717, 1.165) is 10.2 Å². The summed E-state index contributed by atoms with van der Waals surface area (Å²) in [7, 11) is 1.59. The zero-order valence-corrected chi connectivity index (χ0v) is 11.1. The van der Waals surface area contributed by atoms with Gasteiger partial charge in [-0.1, -0.05) is 0 Å². The number of ether oxygens (including phenoxy) is 1. The molecule has 1 N–H and O–H groups in total. The summed E-state index contributed by atoms with van der Waals surface area (Å²) in [4.78, 5) is 8.06. The predicted octanol–water partition coefficient (Wildman–Crippen LogP) is 2.86. The summed E-state index contributed by atoms with van der Waals surface area (Å²) < 4.78 is 6.05. The summed E-state index contributed by atoms with van der Waals surface area (Å²) in [5.41, 5.74) is 1.10. The molecule has 0 spiro atoms. The second kappa shape index (κ2) is 5.47. The van der Waals surface area contributed by atoms with Crippen molar-refractivity contribution in [3.05, 3.63) is 40.6 Å². The molecule has 1 aromatic heterocycles. The molecular formula is C12H9BrN4O. The lowest BCUT2D eigenvalue weighted by Crippen LogP contribution is -1.98. The first-order chi connectivity index (χ1) is 8.72. The molecule has 0 aliphatic heterocycles. The number of nitrogens with zero attached hydrogens (tertiary/aromatic N) is 3. The molecule has 18 heavy (non-hydrogen) atoms. The van der Waals surface area contributed by atoms with Crippen molar-refractivity contribution in [1.29, 1.82) is 5.26 Å². The summed E-state index contributed by atoms with van der Waals surface area (Å²) in [5.74, 6) is 1.08. The van der Waals surface area contributed by atoms with E-state index in [1.54, 1.807) is 13.2 Å². The first-order valence-electron chi connectivity index (χ1n) is 5.06. The molecule has 0 amide bonds. The molecule has 0 saturated heterocycles. The van der Waals surface area contributed by atoms with Gasteiger partial charge in [0.1, 0.15) is 17.5 Å². The van der Waals surface area contributed by atoms with Crippen molar-refractivity contribution in [3.8, 4) is 11.8 Å². The largest absolute Gasteiger partial charge is 0.495 e. The lowest BCUT2D eigenvalue weighted by molar-refractivity contribution is 0.412. The molecule has 0 atom stereocenters. The molecule has 90 valence electrons. The van der Waals surface area contributed by atoms with Crippen LogP contribution in [0.1, 0.15) is 5.69 Å². The Morgan fingerprint density at radius 2 is 2.22 bits per heavy atom. The van der Waals surface area contributed by atoms with Gasteiger partial charge in [-0.05, 0) is 34.1 Å². The quantitative estimate of drug-likeness (QED) is 0.944. The van der Waals surface area contributed by atoms with Gasteiger partial charge in [-0.25, -0.2) is 9.97 Å². The predicted molar refractivity (Wildman–Crippen MR) is 70.7 cm³/mol. The Kier molecular flexibility index (Phi) is 3.75. The van der Waals surface area contributed by atoms with E-state index in [1.165, 1.54) is 6.20 Å². The fourth-order valence-corrected chi connectivity index (χ4v) is 1.76. The minimum atomic E-state index is 0.316. The fraction of sp³-hybridized carbons (Fsp3) is 0.0833. The van der Waals surface area contributed by atoms with Crippen LogP contribution in [0.3, 0.4) is 0 Å². The molecule has 0 unspecified atom stereocenters. The van der Waals surface area contributed by atoms with E-state index in [-0.39, 0.29) is 0 Å². The van der Waals surface area contributed by atoms with Crippen LogP contribution in [-0.2, 0) is 0 Å². The number of rotatable bonds is 3. The van der Waals surface area contributed by atoms with Crippen LogP contribution in [0.25, 0.3) is 0 Å². The maximum atomic E-state index is 8.75. The van der Waals surface area contributed by atoms with Crippen LogP contribution in [0.2, 0.25) is 0 Å². The molecule has 0 aliphatic carbocycles. The lowest BCUT2D eigenvalue weighted by Gasteiger charge is -2.08. The third-order valence-corrected chi connectivity index (χ3v) is 2.83. The van der Waals surface area contributed by atoms with Crippen LogP contribution in [0.5, 0.6) is 5.75 Å². The zero-order valence-electron chi connectivity index (χ0n) is 9.51. The highest BCUT2D eigenvalue weighted by atomic mass is 79.9. The third kappa shape index (κ3) is 2.76. The van der Waals surface area contributed by atoms with E-state index in [0.29, 0.717) is 17.4 Å². The van der Waals surface area contributed by atoms with Crippen LogP contribution < -0.4 is 10.1 Å². The zero-order chi connectivity index (χ0) is 13.0. The van der Waals surface area contributed by atoms with Gasteiger partial charge in [-0.15, -0.1) is 0 Å². The van der Waals surface area contributed by atoms with Crippen molar-refractivity contribution in [2.45, 2.75) is 0 Å². The Hall–Kier alpha value is -2.13. The van der Waals surface area contributed by atoms with Crippen molar-refractivity contribution in [2.75, 3.05) is 12.4 Å². The van der Waals surface area contributed by atoms with Gasteiger partial charge >= 0.3 is 0 Å². The van der Waals surface area contributed by atoms with E-state index in [2.05, 4.69) is 31.2 Å². The van der Waals surface area contributed by atoms with Crippen LogP contribution in [0.15, 0.2) is 34.9 Å². The molecule has 0 fully saturated rings. The molecule has 0 bridgehead atoms. The number of nitriles is 1. The second-order valence-corrected chi connectivity index (χ2v) is 4.21. The van der Waals surface area contributed by atoms with Gasteiger partial charge in [-0.3, -0.25) is 0 Å². The van der Waals surface area contributed by atoms with E-state index in [9.17, 15) is 0 Å². The topological polar surface area (TPSA) is 70.8 Å². The number of anilines is 2. The number of hydrogen-bond donors (Lipinski definition) is 1. The summed E-state index contributed by atoms with van der Waals surface area (Å²) >= 11 is 3.37. The number of benzene rings is 1. The first kappa shape index (κ1) is 12.3.